The Balaban J connectivity index is 1.87. The normalized spacial score (nSPS) is 11.1. The lowest BCUT2D eigenvalue weighted by atomic mass is 10.0. The second kappa shape index (κ2) is 4.75. The smallest absolute Gasteiger partial charge is 0.261 e. The van der Waals surface area contributed by atoms with Gasteiger partial charge in [0.25, 0.3) is 5.89 Å². The Kier molecular flexibility index (Phi) is 2.75. The van der Waals surface area contributed by atoms with Gasteiger partial charge in [0.05, 0.1) is 5.69 Å². The Hall–Kier alpha value is -2.60. The molecule has 0 aliphatic heterocycles. The molecule has 0 saturated heterocycles. The van der Waals surface area contributed by atoms with E-state index < -0.39 is 0 Å². The highest BCUT2D eigenvalue weighted by Crippen LogP contribution is 2.31. The summed E-state index contributed by atoms with van der Waals surface area (Å²) in [6.07, 6.45) is 0. The molecule has 0 unspecified atom stereocenters. The topological polar surface area (TPSA) is 64.7 Å². The van der Waals surface area contributed by atoms with Gasteiger partial charge in [-0.3, -0.25) is 0 Å². The average Bonchev–Trinajstić information content (AvgIpc) is 3.15. The zero-order chi connectivity index (χ0) is 14.2. The van der Waals surface area contributed by atoms with Gasteiger partial charge in [-0.1, -0.05) is 40.9 Å². The van der Waals surface area contributed by atoms with Gasteiger partial charge >= 0.3 is 0 Å². The third-order valence-corrected chi connectivity index (χ3v) is 4.11. The molecule has 4 rings (SSSR count). The lowest BCUT2D eigenvalue weighted by Crippen LogP contribution is -1.81. The number of fused-ring (bicyclic) bond motifs is 1. The molecular weight excluding hydrogens is 284 g/mol. The number of rotatable bonds is 2. The van der Waals surface area contributed by atoms with Crippen molar-refractivity contribution >= 4 is 22.3 Å². The van der Waals surface area contributed by atoms with E-state index in [0.717, 1.165) is 26.9 Å². The van der Waals surface area contributed by atoms with Gasteiger partial charge in [0, 0.05) is 5.56 Å². The Morgan fingerprint density at radius 1 is 0.905 bits per heavy atom. The van der Waals surface area contributed by atoms with Crippen molar-refractivity contribution in [2.24, 2.45) is 0 Å². The van der Waals surface area contributed by atoms with Crippen LogP contribution in [0.25, 0.3) is 33.0 Å². The minimum atomic E-state index is 0.463. The zero-order valence-electron chi connectivity index (χ0n) is 11.1. The third-order valence-electron chi connectivity index (χ3n) is 3.29. The predicted molar refractivity (Wildman–Crippen MR) is 80.9 cm³/mol. The van der Waals surface area contributed by atoms with Crippen molar-refractivity contribution in [3.8, 4) is 22.2 Å². The van der Waals surface area contributed by atoms with Crippen LogP contribution >= 0.6 is 11.5 Å². The third kappa shape index (κ3) is 2.00. The molecule has 21 heavy (non-hydrogen) atoms. The van der Waals surface area contributed by atoms with Gasteiger partial charge in [-0.2, -0.15) is 0 Å². The summed E-state index contributed by atoms with van der Waals surface area (Å²) in [5.41, 5.74) is 1.73. The first kappa shape index (κ1) is 12.2. The summed E-state index contributed by atoms with van der Waals surface area (Å²) in [6.45, 7) is 1.88. The summed E-state index contributed by atoms with van der Waals surface area (Å²) in [6, 6.07) is 14.2. The van der Waals surface area contributed by atoms with Crippen LogP contribution in [0, 0.1) is 6.92 Å². The molecule has 0 spiro atoms. The molecule has 0 N–H and O–H groups in total. The van der Waals surface area contributed by atoms with Crippen LogP contribution in [0.5, 0.6) is 0 Å². The highest BCUT2D eigenvalue weighted by atomic mass is 32.1. The molecule has 2 aromatic heterocycles. The van der Waals surface area contributed by atoms with Crippen LogP contribution in [-0.4, -0.2) is 19.8 Å². The first-order chi connectivity index (χ1) is 10.3. The highest BCUT2D eigenvalue weighted by molar-refractivity contribution is 7.09. The van der Waals surface area contributed by atoms with Gasteiger partial charge in [-0.05, 0) is 35.3 Å². The predicted octanol–water partition coefficient (Wildman–Crippen LogP) is 3.72. The van der Waals surface area contributed by atoms with Crippen LogP contribution in [-0.2, 0) is 0 Å². The van der Waals surface area contributed by atoms with Gasteiger partial charge in [0.15, 0.2) is 0 Å². The maximum absolute atomic E-state index is 5.81. The molecule has 6 heteroatoms. The van der Waals surface area contributed by atoms with Crippen LogP contribution < -0.4 is 0 Å². The number of aryl methyl sites for hydroxylation is 1. The second-order valence-electron chi connectivity index (χ2n) is 4.63. The number of hydrogen-bond donors (Lipinski definition) is 0. The van der Waals surface area contributed by atoms with E-state index in [1.807, 2.05) is 37.3 Å². The molecule has 2 heterocycles. The lowest BCUT2D eigenvalue weighted by Gasteiger charge is -2.01. The summed E-state index contributed by atoms with van der Waals surface area (Å²) < 4.78 is 9.71. The summed E-state index contributed by atoms with van der Waals surface area (Å²) in [4.78, 5) is 0.814. The first-order valence-electron chi connectivity index (χ1n) is 6.44. The molecule has 0 aliphatic rings. The van der Waals surface area contributed by atoms with E-state index in [2.05, 4.69) is 31.9 Å². The highest BCUT2D eigenvalue weighted by Gasteiger charge is 2.16. The van der Waals surface area contributed by atoms with E-state index in [1.54, 1.807) is 0 Å². The summed E-state index contributed by atoms with van der Waals surface area (Å²) in [5.74, 6) is 0.972. The molecule has 0 saturated carbocycles. The van der Waals surface area contributed by atoms with Gasteiger partial charge in [0.2, 0.25) is 5.89 Å². The fourth-order valence-electron chi connectivity index (χ4n) is 2.26. The van der Waals surface area contributed by atoms with Crippen molar-refractivity contribution in [2.45, 2.75) is 6.92 Å². The monoisotopic (exact) mass is 294 g/mol. The molecule has 0 amide bonds. The zero-order valence-corrected chi connectivity index (χ0v) is 12.0. The number of benzene rings is 2. The van der Waals surface area contributed by atoms with E-state index in [4.69, 9.17) is 4.42 Å². The molecule has 0 bridgehead atoms. The SMILES string of the molecule is Cc1nnsc1-c1nnc(-c2cccc3ccccc23)o1. The second-order valence-corrected chi connectivity index (χ2v) is 5.38. The van der Waals surface area contributed by atoms with Crippen molar-refractivity contribution in [1.29, 1.82) is 0 Å². The van der Waals surface area contributed by atoms with Crippen LogP contribution in [0.2, 0.25) is 0 Å². The average molecular weight is 294 g/mol. The van der Waals surface area contributed by atoms with Gasteiger partial charge in [-0.25, -0.2) is 0 Å². The largest absolute Gasteiger partial charge is 0.415 e. The van der Waals surface area contributed by atoms with Gasteiger partial charge in [-0.15, -0.1) is 15.3 Å². The number of hydrogen-bond acceptors (Lipinski definition) is 6. The van der Waals surface area contributed by atoms with E-state index in [1.165, 1.54) is 11.5 Å². The Bertz CT molecular complexity index is 923. The molecule has 0 radical (unpaired) electrons. The maximum Gasteiger partial charge on any atom is 0.261 e. The van der Waals surface area contributed by atoms with E-state index in [9.17, 15) is 0 Å². The molecular formula is C15H10N4OS. The summed E-state index contributed by atoms with van der Waals surface area (Å²) >= 11 is 1.26. The molecule has 0 aliphatic carbocycles. The van der Waals surface area contributed by atoms with Crippen molar-refractivity contribution in [3.05, 3.63) is 48.2 Å². The van der Waals surface area contributed by atoms with Crippen molar-refractivity contribution < 1.29 is 4.42 Å². The Labute approximate surface area is 124 Å². The molecule has 4 aromatic rings. The standard InChI is InChI=1S/C15H10N4OS/c1-9-13(21-19-16-9)15-18-17-14(20-15)12-8-4-6-10-5-2-3-7-11(10)12/h2-8H,1H3. The fourth-order valence-corrected chi connectivity index (χ4v) is 2.84. The first-order valence-corrected chi connectivity index (χ1v) is 7.21. The van der Waals surface area contributed by atoms with Crippen molar-refractivity contribution in [1.82, 2.24) is 19.8 Å². The fraction of sp³-hybridized carbons (Fsp3) is 0.0667. The lowest BCUT2D eigenvalue weighted by molar-refractivity contribution is 0.586. The van der Waals surface area contributed by atoms with E-state index >= 15 is 0 Å². The summed E-state index contributed by atoms with van der Waals surface area (Å²) in [5, 5.41) is 14.5. The molecule has 5 nitrogen and oxygen atoms in total. The molecule has 0 atom stereocenters. The van der Waals surface area contributed by atoms with E-state index in [-0.39, 0.29) is 0 Å². The minimum Gasteiger partial charge on any atom is -0.415 e. The van der Waals surface area contributed by atoms with Crippen LogP contribution in [0.1, 0.15) is 5.69 Å². The van der Waals surface area contributed by atoms with Gasteiger partial charge in [0.1, 0.15) is 4.88 Å². The quantitative estimate of drug-likeness (QED) is 0.564. The van der Waals surface area contributed by atoms with E-state index in [0.29, 0.717) is 11.8 Å². The number of aromatic nitrogens is 4. The molecule has 2 aromatic carbocycles. The minimum absolute atomic E-state index is 0.463. The van der Waals surface area contributed by atoms with Crippen LogP contribution in [0.15, 0.2) is 46.9 Å². The van der Waals surface area contributed by atoms with Crippen LogP contribution in [0.3, 0.4) is 0 Å². The molecule has 102 valence electrons. The van der Waals surface area contributed by atoms with Crippen LogP contribution in [0.4, 0.5) is 0 Å². The number of nitrogens with zero attached hydrogens (tertiary/aromatic N) is 4. The Morgan fingerprint density at radius 2 is 1.71 bits per heavy atom. The Morgan fingerprint density at radius 3 is 2.57 bits per heavy atom. The van der Waals surface area contributed by atoms with Crippen molar-refractivity contribution in [3.63, 3.8) is 0 Å². The molecule has 0 fully saturated rings. The van der Waals surface area contributed by atoms with Crippen molar-refractivity contribution in [2.75, 3.05) is 0 Å². The van der Waals surface area contributed by atoms with Gasteiger partial charge < -0.3 is 4.42 Å². The maximum atomic E-state index is 5.81. The summed E-state index contributed by atoms with van der Waals surface area (Å²) in [7, 11) is 0.